The molecule has 0 saturated heterocycles. The molecule has 33 heavy (non-hydrogen) atoms. The first-order chi connectivity index (χ1) is 15.5. The van der Waals surface area contributed by atoms with E-state index in [0.29, 0.717) is 0 Å². The Bertz CT molecular complexity index is 1230. The Morgan fingerprint density at radius 3 is 2.45 bits per heavy atom. The van der Waals surface area contributed by atoms with E-state index >= 15 is 0 Å². The van der Waals surface area contributed by atoms with Crippen molar-refractivity contribution in [2.45, 2.75) is 6.18 Å². The van der Waals surface area contributed by atoms with Gasteiger partial charge in [-0.05, 0) is 30.3 Å². The molecular formula is C21H13F3N2O7. The lowest BCUT2D eigenvalue weighted by atomic mass is 10.1. The highest BCUT2D eigenvalue weighted by molar-refractivity contribution is 6.05. The summed E-state index contributed by atoms with van der Waals surface area (Å²) in [6, 6.07) is 11.3. The third-order valence-electron chi connectivity index (χ3n) is 4.19. The highest BCUT2D eigenvalue weighted by Crippen LogP contribution is 2.32. The number of esters is 1. The van der Waals surface area contributed by atoms with Crippen molar-refractivity contribution in [3.05, 3.63) is 87.7 Å². The molecule has 2 amide bonds. The number of benzene rings is 2. The number of rotatable bonds is 6. The number of halogens is 3. The number of hydrogen-bond acceptors (Lipinski definition) is 7. The summed E-state index contributed by atoms with van der Waals surface area (Å²) in [6.07, 6.45) is -4.56. The molecule has 1 heterocycles. The van der Waals surface area contributed by atoms with Gasteiger partial charge in [0, 0.05) is 23.3 Å². The molecule has 0 saturated carbocycles. The molecule has 3 aromatic rings. The Labute approximate surface area is 182 Å². The van der Waals surface area contributed by atoms with E-state index < -0.39 is 41.1 Å². The summed E-state index contributed by atoms with van der Waals surface area (Å²) in [5.74, 6) is -3.45. The Morgan fingerprint density at radius 1 is 1.03 bits per heavy atom. The van der Waals surface area contributed by atoms with Gasteiger partial charge in [-0.25, -0.2) is 4.79 Å². The van der Waals surface area contributed by atoms with E-state index in [9.17, 15) is 37.7 Å². The molecule has 1 aromatic heterocycles. The van der Waals surface area contributed by atoms with Gasteiger partial charge in [0.1, 0.15) is 5.76 Å². The predicted octanol–water partition coefficient (Wildman–Crippen LogP) is 3.99. The zero-order chi connectivity index (χ0) is 24.2. The number of imide groups is 1. The monoisotopic (exact) mass is 462 g/mol. The fourth-order valence-electron chi connectivity index (χ4n) is 2.65. The number of alkyl halides is 3. The number of hydrogen-bond donors (Lipinski definition) is 1. The summed E-state index contributed by atoms with van der Waals surface area (Å²) >= 11 is 0. The molecule has 0 aliphatic heterocycles. The Morgan fingerprint density at radius 2 is 1.76 bits per heavy atom. The Balaban J connectivity index is 1.59. The molecule has 0 aliphatic carbocycles. The van der Waals surface area contributed by atoms with Crippen molar-refractivity contribution in [3.8, 4) is 11.3 Å². The van der Waals surface area contributed by atoms with Gasteiger partial charge in [-0.3, -0.25) is 25.0 Å². The van der Waals surface area contributed by atoms with Gasteiger partial charge in [0.05, 0.1) is 10.5 Å². The quantitative estimate of drug-likeness (QED) is 0.333. The summed E-state index contributed by atoms with van der Waals surface area (Å²) in [6.45, 7) is -0.876. The number of nitro benzene ring substituents is 1. The molecular weight excluding hydrogens is 449 g/mol. The highest BCUT2D eigenvalue weighted by atomic mass is 19.4. The van der Waals surface area contributed by atoms with E-state index in [1.54, 1.807) is 0 Å². The molecule has 1 N–H and O–H groups in total. The molecule has 3 rings (SSSR count). The first-order valence-corrected chi connectivity index (χ1v) is 9.08. The summed E-state index contributed by atoms with van der Waals surface area (Å²) in [5, 5.41) is 12.7. The molecule has 0 atom stereocenters. The van der Waals surface area contributed by atoms with Crippen molar-refractivity contribution in [1.82, 2.24) is 5.32 Å². The third kappa shape index (κ3) is 5.81. The molecule has 12 heteroatoms. The average molecular weight is 462 g/mol. The minimum atomic E-state index is -4.56. The van der Waals surface area contributed by atoms with E-state index in [0.717, 1.165) is 30.3 Å². The van der Waals surface area contributed by atoms with Gasteiger partial charge >= 0.3 is 12.1 Å². The van der Waals surface area contributed by atoms with E-state index in [4.69, 9.17) is 9.15 Å². The maximum Gasteiger partial charge on any atom is 0.416 e. The fraction of sp³-hybridized carbons (Fsp3) is 0.0952. The van der Waals surface area contributed by atoms with Gasteiger partial charge in [-0.15, -0.1) is 0 Å². The van der Waals surface area contributed by atoms with E-state index in [2.05, 4.69) is 0 Å². The van der Waals surface area contributed by atoms with Gasteiger partial charge in [0.2, 0.25) is 5.76 Å². The largest absolute Gasteiger partial charge is 0.450 e. The summed E-state index contributed by atoms with van der Waals surface area (Å²) in [5.41, 5.74) is -1.33. The molecule has 0 unspecified atom stereocenters. The summed E-state index contributed by atoms with van der Waals surface area (Å²) in [4.78, 5) is 46.0. The van der Waals surface area contributed by atoms with Crippen LogP contribution in [0.5, 0.6) is 0 Å². The average Bonchev–Trinajstić information content (AvgIpc) is 3.27. The highest BCUT2D eigenvalue weighted by Gasteiger charge is 2.30. The van der Waals surface area contributed by atoms with Crippen molar-refractivity contribution < 1.29 is 41.6 Å². The first-order valence-electron chi connectivity index (χ1n) is 9.08. The zero-order valence-corrected chi connectivity index (χ0v) is 16.4. The molecule has 170 valence electrons. The third-order valence-corrected chi connectivity index (χ3v) is 4.19. The van der Waals surface area contributed by atoms with Gasteiger partial charge in [-0.1, -0.05) is 18.2 Å². The molecule has 0 bridgehead atoms. The van der Waals surface area contributed by atoms with Crippen molar-refractivity contribution in [1.29, 1.82) is 0 Å². The summed E-state index contributed by atoms with van der Waals surface area (Å²) in [7, 11) is 0. The lowest BCUT2D eigenvalue weighted by Crippen LogP contribution is -2.34. The number of ether oxygens (including phenoxy) is 1. The first kappa shape index (κ1) is 23.2. The molecule has 2 aromatic carbocycles. The lowest BCUT2D eigenvalue weighted by molar-refractivity contribution is -0.384. The summed E-state index contributed by atoms with van der Waals surface area (Å²) < 4.78 is 48.5. The maximum atomic E-state index is 12.9. The predicted molar refractivity (Wildman–Crippen MR) is 105 cm³/mol. The normalized spacial score (nSPS) is 11.0. The van der Waals surface area contributed by atoms with Crippen LogP contribution in [0.25, 0.3) is 11.3 Å². The van der Waals surface area contributed by atoms with Crippen LogP contribution in [0.2, 0.25) is 0 Å². The Kier molecular flexibility index (Phi) is 6.56. The topological polar surface area (TPSA) is 129 Å². The van der Waals surface area contributed by atoms with Crippen molar-refractivity contribution in [2.24, 2.45) is 0 Å². The van der Waals surface area contributed by atoms with Crippen LogP contribution >= 0.6 is 0 Å². The second kappa shape index (κ2) is 9.34. The number of nitrogens with one attached hydrogen (secondary N) is 1. The second-order valence-electron chi connectivity index (χ2n) is 6.50. The van der Waals surface area contributed by atoms with Crippen LogP contribution in [0, 0.1) is 10.1 Å². The van der Waals surface area contributed by atoms with Crippen molar-refractivity contribution >= 4 is 23.5 Å². The molecule has 9 nitrogen and oxygen atoms in total. The number of nitrogens with zero attached hydrogens (tertiary/aromatic N) is 1. The van der Waals surface area contributed by atoms with Crippen LogP contribution in [0.3, 0.4) is 0 Å². The van der Waals surface area contributed by atoms with Crippen LogP contribution < -0.4 is 5.32 Å². The van der Waals surface area contributed by atoms with Crippen LogP contribution in [0.4, 0.5) is 18.9 Å². The smallest absolute Gasteiger partial charge is 0.416 e. The maximum absolute atomic E-state index is 12.9. The number of furan rings is 1. The van der Waals surface area contributed by atoms with E-state index in [1.807, 2.05) is 5.32 Å². The van der Waals surface area contributed by atoms with Crippen LogP contribution in [-0.4, -0.2) is 29.3 Å². The van der Waals surface area contributed by atoms with Crippen LogP contribution in [-0.2, 0) is 15.7 Å². The number of carbonyl (C=O) groups is 3. The standard InChI is InChI=1S/C21H13F3N2O7/c22-21(23,24)14-5-1-3-12(9-14)16-7-8-17(33-16)20(29)32-11-18(27)25-19(28)13-4-2-6-15(10-13)26(30)31/h1-10H,11H2,(H,25,27,28). The van der Waals surface area contributed by atoms with E-state index in [1.165, 1.54) is 30.3 Å². The molecule has 0 spiro atoms. The number of non-ortho nitro benzene ring substituents is 1. The van der Waals surface area contributed by atoms with E-state index in [-0.39, 0.29) is 28.3 Å². The lowest BCUT2D eigenvalue weighted by Gasteiger charge is -2.07. The zero-order valence-electron chi connectivity index (χ0n) is 16.4. The molecule has 0 fully saturated rings. The molecule has 0 radical (unpaired) electrons. The Hall–Kier alpha value is -4.48. The number of carbonyl (C=O) groups excluding carboxylic acids is 3. The van der Waals surface area contributed by atoms with Crippen LogP contribution in [0.1, 0.15) is 26.5 Å². The van der Waals surface area contributed by atoms with Crippen LogP contribution in [0.15, 0.2) is 65.1 Å². The fourth-order valence-corrected chi connectivity index (χ4v) is 2.65. The van der Waals surface area contributed by atoms with Gasteiger partial charge < -0.3 is 9.15 Å². The van der Waals surface area contributed by atoms with Gasteiger partial charge in [0.25, 0.3) is 17.5 Å². The SMILES string of the molecule is O=C(COC(=O)c1ccc(-c2cccc(C(F)(F)F)c2)o1)NC(=O)c1cccc([N+](=O)[O-])c1. The molecule has 0 aliphatic rings. The van der Waals surface area contributed by atoms with Gasteiger partial charge in [0.15, 0.2) is 6.61 Å². The van der Waals surface area contributed by atoms with Gasteiger partial charge in [-0.2, -0.15) is 13.2 Å². The van der Waals surface area contributed by atoms with Crippen molar-refractivity contribution in [2.75, 3.05) is 6.61 Å². The number of amides is 2. The minimum absolute atomic E-state index is 0.0293. The minimum Gasteiger partial charge on any atom is -0.450 e. The number of nitro groups is 1. The second-order valence-corrected chi connectivity index (χ2v) is 6.50. The van der Waals surface area contributed by atoms with Crippen molar-refractivity contribution in [3.63, 3.8) is 0 Å².